The number of aromatic nitrogens is 1. The molecule has 0 radical (unpaired) electrons. The van der Waals surface area contributed by atoms with Gasteiger partial charge in [-0.3, -0.25) is 0 Å². The summed E-state index contributed by atoms with van der Waals surface area (Å²) in [5.74, 6) is -0.742. The maximum Gasteiger partial charge on any atom is 0.168 e. The van der Waals surface area contributed by atoms with Gasteiger partial charge in [0.2, 0.25) is 0 Å². The summed E-state index contributed by atoms with van der Waals surface area (Å²) in [4.78, 5) is 6.12. The fraction of sp³-hybridized carbons (Fsp3) is 0.667. The Balaban J connectivity index is 2.19. The largest absolute Gasteiger partial charge is 0.368 e. The summed E-state index contributed by atoms with van der Waals surface area (Å²) in [5.41, 5.74) is 0. The van der Waals surface area contributed by atoms with Crippen LogP contribution >= 0.6 is 0 Å². The number of hydrogen-bond acceptors (Lipinski definition) is 3. The van der Waals surface area contributed by atoms with Crippen molar-refractivity contribution in [3.8, 4) is 0 Å². The molecule has 0 saturated carbocycles. The van der Waals surface area contributed by atoms with E-state index in [1.54, 1.807) is 0 Å². The number of rotatable bonds is 4. The molecule has 0 unspecified atom stereocenters. The van der Waals surface area contributed by atoms with Crippen LogP contribution in [-0.2, 0) is 0 Å². The zero-order valence-electron chi connectivity index (χ0n) is 12.1. The van der Waals surface area contributed by atoms with Crippen LogP contribution in [0.3, 0.4) is 0 Å². The molecule has 2 rings (SSSR count). The van der Waals surface area contributed by atoms with E-state index in [2.05, 4.69) is 10.3 Å². The van der Waals surface area contributed by atoms with E-state index in [0.29, 0.717) is 6.54 Å². The highest BCUT2D eigenvalue weighted by Gasteiger charge is 2.18. The highest BCUT2D eigenvalue weighted by molar-refractivity contribution is 5.49. The summed E-state index contributed by atoms with van der Waals surface area (Å²) >= 11 is 0. The number of anilines is 2. The molecule has 1 aromatic rings. The molecule has 5 heteroatoms. The molecule has 1 saturated heterocycles. The van der Waals surface area contributed by atoms with Gasteiger partial charge in [0.1, 0.15) is 0 Å². The van der Waals surface area contributed by atoms with Crippen LogP contribution in [-0.4, -0.2) is 24.6 Å². The minimum absolute atomic E-state index is 0.158. The standard InChI is InChI=1S/C15H23F2N3/c1-2-8-18-14-12(16)11-13(17)15(19-14)20-9-6-4-3-5-7-10-20/h11H,2-10H2,1H3,(H,18,19). The van der Waals surface area contributed by atoms with Crippen molar-refractivity contribution in [2.45, 2.75) is 45.4 Å². The third kappa shape index (κ3) is 3.81. The molecule has 0 atom stereocenters. The second kappa shape index (κ2) is 7.41. The molecule has 1 aromatic heterocycles. The molecule has 20 heavy (non-hydrogen) atoms. The van der Waals surface area contributed by atoms with E-state index in [4.69, 9.17) is 0 Å². The first kappa shape index (κ1) is 15.0. The van der Waals surface area contributed by atoms with Gasteiger partial charge in [0.15, 0.2) is 23.3 Å². The summed E-state index contributed by atoms with van der Waals surface area (Å²) in [6.07, 6.45) is 6.53. The van der Waals surface area contributed by atoms with Gasteiger partial charge >= 0.3 is 0 Å². The van der Waals surface area contributed by atoms with Gasteiger partial charge in [-0.1, -0.05) is 26.2 Å². The normalized spacial score (nSPS) is 16.6. The SMILES string of the molecule is CCCNc1nc(N2CCCCCCC2)c(F)cc1F. The first-order valence-corrected chi connectivity index (χ1v) is 7.57. The zero-order valence-corrected chi connectivity index (χ0v) is 12.1. The Morgan fingerprint density at radius 3 is 2.40 bits per heavy atom. The molecule has 112 valence electrons. The van der Waals surface area contributed by atoms with E-state index in [0.717, 1.165) is 38.4 Å². The van der Waals surface area contributed by atoms with Crippen LogP contribution in [0.1, 0.15) is 45.4 Å². The maximum atomic E-state index is 14.0. The highest BCUT2D eigenvalue weighted by Crippen LogP contribution is 2.24. The summed E-state index contributed by atoms with van der Waals surface area (Å²) in [7, 11) is 0. The monoisotopic (exact) mass is 283 g/mol. The molecule has 1 N–H and O–H groups in total. The third-order valence-electron chi connectivity index (χ3n) is 3.61. The number of hydrogen-bond donors (Lipinski definition) is 1. The van der Waals surface area contributed by atoms with Crippen LogP contribution in [0.15, 0.2) is 6.07 Å². The predicted octanol–water partition coefficient (Wildman–Crippen LogP) is 3.95. The Labute approximate surface area is 119 Å². The lowest BCUT2D eigenvalue weighted by Gasteiger charge is -2.26. The summed E-state index contributed by atoms with van der Waals surface area (Å²) < 4.78 is 27.7. The van der Waals surface area contributed by atoms with Crippen LogP contribution in [0.2, 0.25) is 0 Å². The molecule has 3 nitrogen and oxygen atoms in total. The number of pyridine rings is 1. The fourth-order valence-electron chi connectivity index (χ4n) is 2.51. The van der Waals surface area contributed by atoms with Crippen molar-refractivity contribution in [2.24, 2.45) is 0 Å². The average Bonchev–Trinajstić information content (AvgIpc) is 2.38. The molecule has 0 amide bonds. The molecule has 2 heterocycles. The summed E-state index contributed by atoms with van der Waals surface area (Å²) in [6, 6.07) is 0.944. The molecule has 0 aliphatic carbocycles. The molecular weight excluding hydrogens is 260 g/mol. The molecule has 1 aliphatic rings. The topological polar surface area (TPSA) is 28.2 Å². The van der Waals surface area contributed by atoms with Crippen LogP contribution in [0.25, 0.3) is 0 Å². The Kier molecular flexibility index (Phi) is 5.56. The smallest absolute Gasteiger partial charge is 0.168 e. The van der Waals surface area contributed by atoms with Crippen molar-refractivity contribution < 1.29 is 8.78 Å². The number of halogens is 2. The van der Waals surface area contributed by atoms with Crippen LogP contribution in [0.4, 0.5) is 20.4 Å². The van der Waals surface area contributed by atoms with Gasteiger partial charge in [0.05, 0.1) is 0 Å². The van der Waals surface area contributed by atoms with Crippen LogP contribution in [0, 0.1) is 11.6 Å². The molecule has 0 bridgehead atoms. The predicted molar refractivity (Wildman–Crippen MR) is 78.2 cm³/mol. The summed E-state index contributed by atoms with van der Waals surface area (Å²) in [6.45, 7) is 4.22. The molecule has 1 aliphatic heterocycles. The van der Waals surface area contributed by atoms with Crippen LogP contribution in [0.5, 0.6) is 0 Å². The van der Waals surface area contributed by atoms with Gasteiger partial charge < -0.3 is 10.2 Å². The van der Waals surface area contributed by atoms with Gasteiger partial charge in [-0.2, -0.15) is 0 Å². The van der Waals surface area contributed by atoms with Crippen molar-refractivity contribution in [3.05, 3.63) is 17.7 Å². The Morgan fingerprint density at radius 1 is 1.10 bits per heavy atom. The summed E-state index contributed by atoms with van der Waals surface area (Å²) in [5, 5.41) is 2.92. The van der Waals surface area contributed by atoms with Crippen molar-refractivity contribution >= 4 is 11.6 Å². The van der Waals surface area contributed by atoms with Crippen LogP contribution < -0.4 is 10.2 Å². The Hall–Kier alpha value is -1.39. The highest BCUT2D eigenvalue weighted by atomic mass is 19.1. The lowest BCUT2D eigenvalue weighted by molar-refractivity contribution is 0.532. The zero-order chi connectivity index (χ0) is 14.4. The van der Waals surface area contributed by atoms with Gasteiger partial charge in [0, 0.05) is 25.7 Å². The Morgan fingerprint density at radius 2 is 1.75 bits per heavy atom. The van der Waals surface area contributed by atoms with Crippen molar-refractivity contribution in [2.75, 3.05) is 29.9 Å². The van der Waals surface area contributed by atoms with Gasteiger partial charge in [0.25, 0.3) is 0 Å². The molecular formula is C15H23F2N3. The first-order chi connectivity index (χ1) is 9.72. The Bertz CT molecular complexity index is 429. The lowest BCUT2D eigenvalue weighted by atomic mass is 10.1. The fourth-order valence-corrected chi connectivity index (χ4v) is 2.51. The minimum Gasteiger partial charge on any atom is -0.368 e. The molecule has 0 aromatic carbocycles. The quantitative estimate of drug-likeness (QED) is 0.906. The van der Waals surface area contributed by atoms with Crippen molar-refractivity contribution in [1.29, 1.82) is 0 Å². The molecule has 1 fully saturated rings. The van der Waals surface area contributed by atoms with E-state index in [9.17, 15) is 8.78 Å². The van der Waals surface area contributed by atoms with E-state index in [-0.39, 0.29) is 11.6 Å². The van der Waals surface area contributed by atoms with E-state index in [1.807, 2.05) is 11.8 Å². The average molecular weight is 283 g/mol. The maximum absolute atomic E-state index is 14.0. The molecule has 0 spiro atoms. The number of nitrogens with one attached hydrogen (secondary N) is 1. The van der Waals surface area contributed by atoms with Gasteiger partial charge in [-0.15, -0.1) is 0 Å². The van der Waals surface area contributed by atoms with E-state index >= 15 is 0 Å². The van der Waals surface area contributed by atoms with Crippen molar-refractivity contribution in [1.82, 2.24) is 4.98 Å². The lowest BCUT2D eigenvalue weighted by Crippen LogP contribution is -2.29. The second-order valence-corrected chi connectivity index (χ2v) is 5.31. The van der Waals surface area contributed by atoms with Crippen molar-refractivity contribution in [3.63, 3.8) is 0 Å². The second-order valence-electron chi connectivity index (χ2n) is 5.31. The minimum atomic E-state index is -0.619. The third-order valence-corrected chi connectivity index (χ3v) is 3.61. The first-order valence-electron chi connectivity index (χ1n) is 7.57. The van der Waals surface area contributed by atoms with Gasteiger partial charge in [-0.25, -0.2) is 13.8 Å². The number of nitrogens with zero attached hydrogens (tertiary/aromatic N) is 2. The van der Waals surface area contributed by atoms with Gasteiger partial charge in [-0.05, 0) is 19.3 Å². The van der Waals surface area contributed by atoms with E-state index in [1.165, 1.54) is 19.3 Å². The van der Waals surface area contributed by atoms with E-state index < -0.39 is 11.6 Å².